The van der Waals surface area contributed by atoms with E-state index in [0.717, 1.165) is 11.3 Å². The van der Waals surface area contributed by atoms with Crippen LogP contribution in [0.5, 0.6) is 0 Å². The van der Waals surface area contributed by atoms with Crippen LogP contribution in [0.15, 0.2) is 63.4 Å². The minimum absolute atomic E-state index is 0.0126. The van der Waals surface area contributed by atoms with Gasteiger partial charge in [0.2, 0.25) is 0 Å². The molecule has 0 fully saturated rings. The fraction of sp³-hybridized carbons (Fsp3) is 0.118. The van der Waals surface area contributed by atoms with E-state index < -0.39 is 16.0 Å². The first-order valence-corrected chi connectivity index (χ1v) is 9.59. The van der Waals surface area contributed by atoms with E-state index in [-0.39, 0.29) is 15.6 Å². The third-order valence-corrected chi connectivity index (χ3v) is 7.01. The number of anilines is 1. The van der Waals surface area contributed by atoms with Crippen molar-refractivity contribution in [3.8, 4) is 0 Å². The van der Waals surface area contributed by atoms with Crippen molar-refractivity contribution in [2.75, 3.05) is 4.31 Å². The Kier molecular flexibility index (Phi) is 4.65. The van der Waals surface area contributed by atoms with Gasteiger partial charge in [-0.1, -0.05) is 18.2 Å². The highest BCUT2D eigenvalue weighted by atomic mass is 32.2. The Hall–Kier alpha value is -2.58. The molecule has 0 aliphatic rings. The molecule has 0 saturated carbocycles. The molecule has 3 aromatic rings. The molecule has 1 aromatic carbocycles. The summed E-state index contributed by atoms with van der Waals surface area (Å²) in [7, 11) is -3.94. The SMILES string of the molecule is Cc1cc(S(=O)(=O)N(Cc2ccco2)c2ccccc2)sc1C(=O)O. The number of furan rings is 1. The van der Waals surface area contributed by atoms with Gasteiger partial charge in [-0.3, -0.25) is 4.31 Å². The normalized spacial score (nSPS) is 11.4. The van der Waals surface area contributed by atoms with Gasteiger partial charge in [0.15, 0.2) is 0 Å². The Morgan fingerprint density at radius 3 is 2.48 bits per heavy atom. The number of rotatable bonds is 6. The molecule has 8 heteroatoms. The summed E-state index contributed by atoms with van der Waals surface area (Å²) in [6, 6.07) is 13.4. The van der Waals surface area contributed by atoms with Crippen LogP contribution < -0.4 is 4.31 Å². The number of hydrogen-bond acceptors (Lipinski definition) is 5. The third kappa shape index (κ3) is 3.45. The zero-order chi connectivity index (χ0) is 18.0. The summed E-state index contributed by atoms with van der Waals surface area (Å²) in [5.41, 5.74) is 0.893. The third-order valence-electron chi connectivity index (χ3n) is 3.56. The lowest BCUT2D eigenvalue weighted by Crippen LogP contribution is -2.29. The van der Waals surface area contributed by atoms with Gasteiger partial charge < -0.3 is 9.52 Å². The lowest BCUT2D eigenvalue weighted by atomic mass is 10.3. The minimum Gasteiger partial charge on any atom is -0.477 e. The van der Waals surface area contributed by atoms with Crippen molar-refractivity contribution in [1.29, 1.82) is 0 Å². The molecule has 0 spiro atoms. The van der Waals surface area contributed by atoms with E-state index in [1.165, 1.54) is 16.6 Å². The Bertz CT molecular complexity index is 975. The number of aromatic carboxylic acids is 1. The zero-order valence-electron chi connectivity index (χ0n) is 13.2. The summed E-state index contributed by atoms with van der Waals surface area (Å²) < 4.78 is 32.8. The second-order valence-corrected chi connectivity index (χ2v) is 8.45. The smallest absolute Gasteiger partial charge is 0.346 e. The van der Waals surface area contributed by atoms with E-state index in [9.17, 15) is 18.3 Å². The molecule has 0 bridgehead atoms. The van der Waals surface area contributed by atoms with Crippen molar-refractivity contribution in [2.45, 2.75) is 17.7 Å². The van der Waals surface area contributed by atoms with E-state index in [0.29, 0.717) is 17.0 Å². The molecule has 0 unspecified atom stereocenters. The lowest BCUT2D eigenvalue weighted by molar-refractivity contribution is 0.0701. The van der Waals surface area contributed by atoms with Gasteiger partial charge >= 0.3 is 5.97 Å². The molecule has 2 heterocycles. The summed E-state index contributed by atoms with van der Waals surface area (Å²) >= 11 is 0.750. The number of sulfonamides is 1. The maximum atomic E-state index is 13.1. The molecular weight excluding hydrogens is 362 g/mol. The number of carboxylic acid groups (broad SMARTS) is 1. The molecule has 0 atom stereocenters. The van der Waals surface area contributed by atoms with Crippen molar-refractivity contribution in [3.05, 3.63) is 71.0 Å². The average molecular weight is 377 g/mol. The lowest BCUT2D eigenvalue weighted by Gasteiger charge is -2.22. The summed E-state index contributed by atoms with van der Waals surface area (Å²) in [5.74, 6) is -0.652. The molecule has 130 valence electrons. The van der Waals surface area contributed by atoms with Crippen LogP contribution in [0.4, 0.5) is 5.69 Å². The van der Waals surface area contributed by atoms with Crippen LogP contribution in [0.3, 0.4) is 0 Å². The van der Waals surface area contributed by atoms with Crippen molar-refractivity contribution < 1.29 is 22.7 Å². The average Bonchev–Trinajstić information content (AvgIpc) is 3.22. The molecule has 0 aliphatic heterocycles. The number of para-hydroxylation sites is 1. The first kappa shape index (κ1) is 17.2. The van der Waals surface area contributed by atoms with Crippen LogP contribution in [0.2, 0.25) is 0 Å². The molecule has 3 rings (SSSR count). The molecule has 2 aromatic heterocycles. The summed E-state index contributed by atoms with van der Waals surface area (Å²) in [6.07, 6.45) is 1.48. The van der Waals surface area contributed by atoms with Gasteiger partial charge in [-0.15, -0.1) is 11.3 Å². The standard InChI is InChI=1S/C17H15NO5S2/c1-12-10-15(24-16(12)17(19)20)25(21,22)18(11-14-8-5-9-23-14)13-6-3-2-4-7-13/h2-10H,11H2,1H3,(H,19,20). The molecule has 0 amide bonds. The van der Waals surface area contributed by atoms with Crippen LogP contribution in [-0.2, 0) is 16.6 Å². The molecule has 0 saturated heterocycles. The molecular formula is C17H15NO5S2. The Morgan fingerprint density at radius 2 is 1.92 bits per heavy atom. The van der Waals surface area contributed by atoms with Crippen LogP contribution in [0.1, 0.15) is 21.0 Å². The van der Waals surface area contributed by atoms with Crippen molar-refractivity contribution in [3.63, 3.8) is 0 Å². The maximum absolute atomic E-state index is 13.1. The Morgan fingerprint density at radius 1 is 1.20 bits per heavy atom. The minimum atomic E-state index is -3.94. The van der Waals surface area contributed by atoms with Gasteiger partial charge in [-0.2, -0.15) is 0 Å². The van der Waals surface area contributed by atoms with E-state index in [2.05, 4.69) is 0 Å². The number of carbonyl (C=O) groups is 1. The predicted molar refractivity (Wildman–Crippen MR) is 94.5 cm³/mol. The zero-order valence-corrected chi connectivity index (χ0v) is 14.9. The summed E-state index contributed by atoms with van der Waals surface area (Å²) in [6.45, 7) is 1.59. The number of thiophene rings is 1. The largest absolute Gasteiger partial charge is 0.477 e. The molecule has 0 aliphatic carbocycles. The number of carboxylic acids is 1. The van der Waals surface area contributed by atoms with Crippen molar-refractivity contribution in [1.82, 2.24) is 0 Å². The number of benzene rings is 1. The highest BCUT2D eigenvalue weighted by Crippen LogP contribution is 2.32. The fourth-order valence-electron chi connectivity index (χ4n) is 2.35. The predicted octanol–water partition coefficient (Wildman–Crippen LogP) is 3.74. The van der Waals surface area contributed by atoms with Gasteiger partial charge in [0, 0.05) is 0 Å². The summed E-state index contributed by atoms with van der Waals surface area (Å²) in [4.78, 5) is 11.3. The monoisotopic (exact) mass is 377 g/mol. The number of aryl methyl sites for hydroxylation is 1. The van der Waals surface area contributed by atoms with Gasteiger partial charge in [-0.05, 0) is 42.8 Å². The topological polar surface area (TPSA) is 87.8 Å². The Balaban J connectivity index is 2.08. The molecule has 0 radical (unpaired) electrons. The molecule has 25 heavy (non-hydrogen) atoms. The van der Waals surface area contributed by atoms with Crippen molar-refractivity contribution >= 4 is 33.0 Å². The van der Waals surface area contributed by atoms with E-state index in [4.69, 9.17) is 4.42 Å². The van der Waals surface area contributed by atoms with Gasteiger partial charge in [0.25, 0.3) is 10.0 Å². The van der Waals surface area contributed by atoms with Crippen LogP contribution in [0.25, 0.3) is 0 Å². The van der Waals surface area contributed by atoms with Gasteiger partial charge in [-0.25, -0.2) is 13.2 Å². The van der Waals surface area contributed by atoms with Gasteiger partial charge in [0.05, 0.1) is 18.5 Å². The summed E-state index contributed by atoms with van der Waals surface area (Å²) in [5, 5.41) is 9.19. The van der Waals surface area contributed by atoms with E-state index in [1.54, 1.807) is 49.4 Å². The number of nitrogens with zero attached hydrogens (tertiary/aromatic N) is 1. The maximum Gasteiger partial charge on any atom is 0.346 e. The first-order chi connectivity index (χ1) is 11.9. The second kappa shape index (κ2) is 6.73. The van der Waals surface area contributed by atoms with Crippen LogP contribution in [0, 0.1) is 6.92 Å². The molecule has 1 N–H and O–H groups in total. The Labute approximate surface area is 149 Å². The van der Waals surface area contributed by atoms with Crippen LogP contribution >= 0.6 is 11.3 Å². The van der Waals surface area contributed by atoms with Gasteiger partial charge in [0.1, 0.15) is 14.8 Å². The fourth-order valence-corrected chi connectivity index (χ4v) is 5.28. The van der Waals surface area contributed by atoms with Crippen LogP contribution in [-0.4, -0.2) is 19.5 Å². The van der Waals surface area contributed by atoms with Crippen molar-refractivity contribution in [2.24, 2.45) is 0 Å². The molecule has 6 nitrogen and oxygen atoms in total. The number of hydrogen-bond donors (Lipinski definition) is 1. The first-order valence-electron chi connectivity index (χ1n) is 7.33. The highest BCUT2D eigenvalue weighted by Gasteiger charge is 2.29. The van der Waals surface area contributed by atoms with E-state index in [1.807, 2.05) is 0 Å². The quantitative estimate of drug-likeness (QED) is 0.707. The highest BCUT2D eigenvalue weighted by molar-refractivity contribution is 7.94. The van der Waals surface area contributed by atoms with E-state index >= 15 is 0 Å². The second-order valence-electron chi connectivity index (χ2n) is 5.31.